The van der Waals surface area contributed by atoms with Crippen molar-refractivity contribution >= 4 is 23.3 Å². The quantitative estimate of drug-likeness (QED) is 0.784. The van der Waals surface area contributed by atoms with Gasteiger partial charge in [0.25, 0.3) is 0 Å². The van der Waals surface area contributed by atoms with Gasteiger partial charge < -0.3 is 10.3 Å². The molecule has 3 nitrogen and oxygen atoms in total. The Kier molecular flexibility index (Phi) is 4.09. The first-order valence-electron chi connectivity index (χ1n) is 6.13. The topological polar surface area (TPSA) is 54.7 Å². The average molecular weight is 284 g/mol. The summed E-state index contributed by atoms with van der Waals surface area (Å²) in [4.78, 5) is 0. The summed E-state index contributed by atoms with van der Waals surface area (Å²) in [5.41, 5.74) is 9.35. The van der Waals surface area contributed by atoms with E-state index in [4.69, 9.17) is 5.73 Å². The van der Waals surface area contributed by atoms with E-state index in [0.717, 1.165) is 22.2 Å². The molecule has 1 heterocycles. The predicted molar refractivity (Wildman–Crippen MR) is 83.1 cm³/mol. The van der Waals surface area contributed by atoms with Gasteiger partial charge in [-0.3, -0.25) is 0 Å². The Bertz CT molecular complexity index is 767. The van der Waals surface area contributed by atoms with Crippen molar-refractivity contribution in [2.75, 3.05) is 0 Å². The molecule has 1 aromatic heterocycles. The van der Waals surface area contributed by atoms with Gasteiger partial charge in [-0.25, -0.2) is 0 Å². The van der Waals surface area contributed by atoms with E-state index in [1.54, 1.807) is 0 Å². The second-order valence-electron chi connectivity index (χ2n) is 4.41. The highest BCUT2D eigenvalue weighted by atomic mass is 35.5. The molecule has 0 saturated heterocycles. The monoisotopic (exact) mass is 283 g/mol. The van der Waals surface area contributed by atoms with Crippen molar-refractivity contribution in [2.45, 2.75) is 6.54 Å². The second-order valence-corrected chi connectivity index (χ2v) is 4.41. The molecular weight excluding hydrogens is 270 g/mol. The van der Waals surface area contributed by atoms with Crippen LogP contribution in [0.4, 0.5) is 0 Å². The number of rotatable bonds is 2. The van der Waals surface area contributed by atoms with Crippen LogP contribution < -0.4 is 5.73 Å². The third kappa shape index (κ3) is 2.27. The molecule has 0 aliphatic rings. The maximum atomic E-state index is 9.29. The van der Waals surface area contributed by atoms with E-state index in [-0.39, 0.29) is 12.4 Å². The zero-order valence-electron chi connectivity index (χ0n) is 10.8. The van der Waals surface area contributed by atoms with Crippen LogP contribution in [0.3, 0.4) is 0 Å². The van der Waals surface area contributed by atoms with E-state index in [1.807, 2.05) is 59.2 Å². The summed E-state index contributed by atoms with van der Waals surface area (Å²) in [7, 11) is 0. The number of para-hydroxylation sites is 1. The molecule has 0 spiro atoms. The van der Waals surface area contributed by atoms with Crippen LogP contribution in [-0.2, 0) is 6.54 Å². The van der Waals surface area contributed by atoms with Gasteiger partial charge in [-0.15, -0.1) is 12.4 Å². The van der Waals surface area contributed by atoms with Crippen LogP contribution in [0.1, 0.15) is 11.3 Å². The van der Waals surface area contributed by atoms with Gasteiger partial charge in [0.15, 0.2) is 0 Å². The molecule has 0 radical (unpaired) electrons. The number of nitriles is 1. The van der Waals surface area contributed by atoms with E-state index in [9.17, 15) is 5.26 Å². The minimum Gasteiger partial charge on any atom is -0.326 e. The lowest BCUT2D eigenvalue weighted by molar-refractivity contribution is 1.05. The number of benzene rings is 2. The van der Waals surface area contributed by atoms with Crippen LogP contribution >= 0.6 is 12.4 Å². The third-order valence-electron chi connectivity index (χ3n) is 3.26. The maximum absolute atomic E-state index is 9.29. The predicted octanol–water partition coefficient (Wildman–Crippen LogP) is 3.38. The van der Waals surface area contributed by atoms with Crippen molar-refractivity contribution in [3.8, 4) is 11.8 Å². The lowest BCUT2D eigenvalue weighted by Gasteiger charge is -2.07. The van der Waals surface area contributed by atoms with Crippen molar-refractivity contribution in [1.82, 2.24) is 4.57 Å². The van der Waals surface area contributed by atoms with Gasteiger partial charge in [0.1, 0.15) is 11.8 Å². The van der Waals surface area contributed by atoms with Gasteiger partial charge in [-0.2, -0.15) is 5.26 Å². The minimum absolute atomic E-state index is 0. The van der Waals surface area contributed by atoms with Gasteiger partial charge in [-0.05, 0) is 29.8 Å². The van der Waals surface area contributed by atoms with Crippen LogP contribution in [0.15, 0.2) is 54.6 Å². The lowest BCUT2D eigenvalue weighted by Crippen LogP contribution is -1.99. The molecule has 20 heavy (non-hydrogen) atoms. The Labute approximate surface area is 123 Å². The SMILES string of the molecule is Cl.N#Cc1cc2ccccc2n1-c1ccc(CN)cc1. The van der Waals surface area contributed by atoms with E-state index < -0.39 is 0 Å². The number of nitrogens with two attached hydrogens (primary N) is 1. The van der Waals surface area contributed by atoms with Crippen molar-refractivity contribution in [3.05, 3.63) is 65.9 Å². The fourth-order valence-corrected chi connectivity index (χ4v) is 2.30. The summed E-state index contributed by atoms with van der Waals surface area (Å²) in [6.07, 6.45) is 0. The van der Waals surface area contributed by atoms with Crippen LogP contribution in [0.5, 0.6) is 0 Å². The molecule has 4 heteroatoms. The zero-order valence-corrected chi connectivity index (χ0v) is 11.6. The minimum atomic E-state index is 0. The maximum Gasteiger partial charge on any atom is 0.125 e. The molecule has 2 N–H and O–H groups in total. The molecule has 3 aromatic rings. The molecule has 0 fully saturated rings. The summed E-state index contributed by atoms with van der Waals surface area (Å²) >= 11 is 0. The first-order chi connectivity index (χ1) is 9.33. The van der Waals surface area contributed by atoms with Gasteiger partial charge in [-0.1, -0.05) is 30.3 Å². The average Bonchev–Trinajstić information content (AvgIpc) is 2.86. The lowest BCUT2D eigenvalue weighted by atomic mass is 10.2. The molecule has 0 saturated carbocycles. The summed E-state index contributed by atoms with van der Waals surface area (Å²) in [5, 5.41) is 10.4. The van der Waals surface area contributed by atoms with Crippen LogP contribution in [0.2, 0.25) is 0 Å². The molecule has 0 amide bonds. The molecule has 0 atom stereocenters. The van der Waals surface area contributed by atoms with Gasteiger partial charge in [0.05, 0.1) is 5.52 Å². The summed E-state index contributed by atoms with van der Waals surface area (Å²) in [5.74, 6) is 0. The van der Waals surface area contributed by atoms with Crippen molar-refractivity contribution in [3.63, 3.8) is 0 Å². The third-order valence-corrected chi connectivity index (χ3v) is 3.26. The van der Waals surface area contributed by atoms with Gasteiger partial charge in [0, 0.05) is 17.6 Å². The molecule has 100 valence electrons. The zero-order chi connectivity index (χ0) is 13.2. The van der Waals surface area contributed by atoms with Crippen LogP contribution in [0, 0.1) is 11.3 Å². The Hall–Kier alpha value is -2.28. The standard InChI is InChI=1S/C16H13N3.ClH/c17-10-12-5-7-14(8-6-12)19-15(11-18)9-13-3-1-2-4-16(13)19;/h1-9H,10,17H2;1H. The van der Waals surface area contributed by atoms with E-state index >= 15 is 0 Å². The number of hydrogen-bond donors (Lipinski definition) is 1. The van der Waals surface area contributed by atoms with Crippen LogP contribution in [0.25, 0.3) is 16.6 Å². The highest BCUT2D eigenvalue weighted by Gasteiger charge is 2.09. The first-order valence-corrected chi connectivity index (χ1v) is 6.13. The van der Waals surface area contributed by atoms with E-state index in [2.05, 4.69) is 6.07 Å². The molecule has 3 rings (SSSR count). The summed E-state index contributed by atoms with van der Waals surface area (Å²) in [6.45, 7) is 0.526. The highest BCUT2D eigenvalue weighted by molar-refractivity contribution is 5.85. The molecule has 0 aliphatic heterocycles. The number of aromatic nitrogens is 1. The molecule has 0 aliphatic carbocycles. The van der Waals surface area contributed by atoms with Crippen molar-refractivity contribution in [1.29, 1.82) is 5.26 Å². The number of fused-ring (bicyclic) bond motifs is 1. The fourth-order valence-electron chi connectivity index (χ4n) is 2.30. The number of hydrogen-bond acceptors (Lipinski definition) is 2. The van der Waals surface area contributed by atoms with Crippen molar-refractivity contribution in [2.24, 2.45) is 5.73 Å². The Morgan fingerprint density at radius 1 is 1.05 bits per heavy atom. The second kappa shape index (κ2) is 5.79. The van der Waals surface area contributed by atoms with Crippen molar-refractivity contribution < 1.29 is 0 Å². The Morgan fingerprint density at radius 3 is 2.40 bits per heavy atom. The molecule has 2 aromatic carbocycles. The molecular formula is C16H14ClN3. The van der Waals surface area contributed by atoms with Crippen LogP contribution in [-0.4, -0.2) is 4.57 Å². The first kappa shape index (κ1) is 14.1. The normalized spacial score (nSPS) is 10.0. The fraction of sp³-hybridized carbons (Fsp3) is 0.0625. The van der Waals surface area contributed by atoms with Gasteiger partial charge in [0.2, 0.25) is 0 Å². The van der Waals surface area contributed by atoms with Gasteiger partial charge >= 0.3 is 0 Å². The smallest absolute Gasteiger partial charge is 0.125 e. The summed E-state index contributed by atoms with van der Waals surface area (Å²) < 4.78 is 1.97. The summed E-state index contributed by atoms with van der Waals surface area (Å²) in [6, 6.07) is 20.1. The molecule has 0 unspecified atom stereocenters. The molecule has 0 bridgehead atoms. The largest absolute Gasteiger partial charge is 0.326 e. The van der Waals surface area contributed by atoms with E-state index in [0.29, 0.717) is 12.2 Å². The number of halogens is 1. The number of nitrogens with zero attached hydrogens (tertiary/aromatic N) is 2. The Balaban J connectivity index is 0.00000147. The van der Waals surface area contributed by atoms with E-state index in [1.165, 1.54) is 0 Å². The highest BCUT2D eigenvalue weighted by Crippen LogP contribution is 2.24. The Morgan fingerprint density at radius 2 is 1.75 bits per heavy atom.